The Labute approximate surface area is 216 Å². The molecule has 2 heterocycles. The van der Waals surface area contributed by atoms with Crippen molar-refractivity contribution in [3.8, 4) is 10.4 Å². The highest BCUT2D eigenvalue weighted by molar-refractivity contribution is 7.80. The second kappa shape index (κ2) is 11.0. The molecule has 2 aromatic heterocycles. The molecule has 0 aliphatic rings. The highest BCUT2D eigenvalue weighted by Crippen LogP contribution is 2.36. The average Bonchev–Trinajstić information content (AvgIpc) is 3.43. The Morgan fingerprint density at radius 1 is 1.12 bits per heavy atom. The Morgan fingerprint density at radius 3 is 2.65 bits per heavy atom. The Kier molecular flexibility index (Phi) is 7.84. The summed E-state index contributed by atoms with van der Waals surface area (Å²) < 4.78 is 6.96. The van der Waals surface area contributed by atoms with Crippen molar-refractivity contribution in [3.63, 3.8) is 0 Å². The minimum atomic E-state index is -0.407. The van der Waals surface area contributed by atoms with Gasteiger partial charge in [-0.1, -0.05) is 59.6 Å². The fourth-order valence-corrected chi connectivity index (χ4v) is 4.98. The number of thiophene rings is 1. The third-order valence-corrected chi connectivity index (χ3v) is 6.63. The maximum absolute atomic E-state index is 12.5. The molecule has 0 unspecified atom stereocenters. The molecule has 0 saturated carbocycles. The van der Waals surface area contributed by atoms with Crippen LogP contribution in [-0.4, -0.2) is 27.5 Å². The van der Waals surface area contributed by atoms with Gasteiger partial charge in [0.05, 0.1) is 18.7 Å². The highest BCUT2D eigenvalue weighted by atomic mass is 35.5. The van der Waals surface area contributed by atoms with Gasteiger partial charge >= 0.3 is 5.97 Å². The maximum atomic E-state index is 12.5. The van der Waals surface area contributed by atoms with Gasteiger partial charge in [-0.15, -0.1) is 11.3 Å². The first-order valence-electron chi connectivity index (χ1n) is 10.3. The van der Waals surface area contributed by atoms with Crippen LogP contribution in [0.25, 0.3) is 10.4 Å². The molecule has 0 aliphatic heterocycles. The van der Waals surface area contributed by atoms with E-state index in [2.05, 4.69) is 15.7 Å². The molecule has 10 heteroatoms. The first-order valence-corrected chi connectivity index (χ1v) is 12.3. The minimum Gasteiger partial charge on any atom is -0.462 e. The Balaban J connectivity index is 1.47. The van der Waals surface area contributed by atoms with E-state index in [4.69, 9.17) is 40.2 Å². The summed E-state index contributed by atoms with van der Waals surface area (Å²) >= 11 is 19.1. The Hall–Kier alpha value is -2.91. The van der Waals surface area contributed by atoms with Gasteiger partial charge in [0.2, 0.25) is 0 Å². The van der Waals surface area contributed by atoms with Crippen molar-refractivity contribution < 1.29 is 9.53 Å². The summed E-state index contributed by atoms with van der Waals surface area (Å²) in [4.78, 5) is 13.5. The summed E-state index contributed by atoms with van der Waals surface area (Å²) in [7, 11) is 0. The molecule has 0 bridgehead atoms. The fraction of sp³-hybridized carbons (Fsp3) is 0.125. The van der Waals surface area contributed by atoms with Crippen molar-refractivity contribution in [2.45, 2.75) is 13.5 Å². The highest BCUT2D eigenvalue weighted by Gasteiger charge is 2.19. The summed E-state index contributed by atoms with van der Waals surface area (Å²) in [6.45, 7) is 2.54. The summed E-state index contributed by atoms with van der Waals surface area (Å²) in [5.74, 6) is 0.149. The van der Waals surface area contributed by atoms with Gasteiger partial charge in [0, 0.05) is 27.2 Å². The lowest BCUT2D eigenvalue weighted by molar-refractivity contribution is 0.0528. The molecule has 0 spiro atoms. The minimum absolute atomic E-state index is 0.284. The molecule has 2 N–H and O–H groups in total. The summed E-state index contributed by atoms with van der Waals surface area (Å²) in [5, 5.41) is 12.7. The number of aromatic nitrogens is 2. The van der Waals surface area contributed by atoms with Crippen LogP contribution in [0.2, 0.25) is 10.0 Å². The molecule has 0 atom stereocenters. The zero-order valence-corrected chi connectivity index (χ0v) is 21.2. The van der Waals surface area contributed by atoms with Gasteiger partial charge in [-0.25, -0.2) is 4.79 Å². The standard InChI is InChI=1S/C24H20Cl2N4O2S2/c1-2-32-23(31)18-13-20(15-6-4-3-5-7-15)34-22(18)28-24(33)27-21-10-11-30(29-21)14-16-8-9-17(25)12-19(16)26/h3-13H,2,14H2,1H3,(H2,27,28,29,33). The van der Waals surface area contributed by atoms with E-state index in [1.165, 1.54) is 11.3 Å². The fourth-order valence-electron chi connectivity index (χ4n) is 3.18. The van der Waals surface area contributed by atoms with Crippen LogP contribution in [-0.2, 0) is 11.3 Å². The molecule has 0 radical (unpaired) electrons. The number of hydrogen-bond donors (Lipinski definition) is 2. The van der Waals surface area contributed by atoms with Gasteiger partial charge < -0.3 is 15.4 Å². The van der Waals surface area contributed by atoms with Crippen LogP contribution in [0.4, 0.5) is 10.8 Å². The van der Waals surface area contributed by atoms with E-state index in [-0.39, 0.29) is 6.61 Å². The van der Waals surface area contributed by atoms with Crippen molar-refractivity contribution in [2.75, 3.05) is 17.2 Å². The predicted octanol–water partition coefficient (Wildman–Crippen LogP) is 6.95. The van der Waals surface area contributed by atoms with Gasteiger partial charge in [-0.3, -0.25) is 4.68 Å². The third kappa shape index (κ3) is 5.95. The monoisotopic (exact) mass is 530 g/mol. The van der Waals surface area contributed by atoms with Crippen LogP contribution >= 0.6 is 46.8 Å². The number of hydrogen-bond acceptors (Lipinski definition) is 5. The van der Waals surface area contributed by atoms with Gasteiger partial charge in [0.25, 0.3) is 0 Å². The van der Waals surface area contributed by atoms with Gasteiger partial charge in [0.1, 0.15) is 5.00 Å². The summed E-state index contributed by atoms with van der Waals surface area (Å²) in [6, 6.07) is 18.8. The zero-order chi connectivity index (χ0) is 24.1. The van der Waals surface area contributed by atoms with Crippen molar-refractivity contribution >= 4 is 68.7 Å². The van der Waals surface area contributed by atoms with Crippen molar-refractivity contribution in [1.82, 2.24) is 9.78 Å². The van der Waals surface area contributed by atoms with Crippen molar-refractivity contribution in [3.05, 3.63) is 88.0 Å². The van der Waals surface area contributed by atoms with E-state index < -0.39 is 5.97 Å². The number of nitrogens with zero attached hydrogens (tertiary/aromatic N) is 2. The van der Waals surface area contributed by atoms with E-state index in [9.17, 15) is 4.79 Å². The molecule has 2 aromatic carbocycles. The van der Waals surface area contributed by atoms with Crippen molar-refractivity contribution in [1.29, 1.82) is 0 Å². The first kappa shape index (κ1) is 24.2. The zero-order valence-electron chi connectivity index (χ0n) is 18.0. The molecule has 4 rings (SSSR count). The second-order valence-electron chi connectivity index (χ2n) is 7.15. The first-order chi connectivity index (χ1) is 16.4. The number of thiocarbonyl (C=S) groups is 1. The number of nitrogens with one attached hydrogen (secondary N) is 2. The average molecular weight is 531 g/mol. The van der Waals surface area contributed by atoms with E-state index in [0.717, 1.165) is 16.0 Å². The largest absolute Gasteiger partial charge is 0.462 e. The van der Waals surface area contributed by atoms with Gasteiger partial charge in [0.15, 0.2) is 10.9 Å². The molecule has 0 amide bonds. The number of carbonyl (C=O) groups is 1. The number of esters is 1. The number of benzene rings is 2. The topological polar surface area (TPSA) is 68.2 Å². The number of carbonyl (C=O) groups excluding carboxylic acids is 1. The van der Waals surface area contributed by atoms with E-state index >= 15 is 0 Å². The number of halogens is 2. The molecular weight excluding hydrogens is 511 g/mol. The summed E-state index contributed by atoms with van der Waals surface area (Å²) in [5.41, 5.74) is 2.33. The number of ether oxygens (including phenoxy) is 1. The van der Waals surface area contributed by atoms with Gasteiger partial charge in [-0.05, 0) is 48.5 Å². The lowest BCUT2D eigenvalue weighted by atomic mass is 10.1. The summed E-state index contributed by atoms with van der Waals surface area (Å²) in [6.07, 6.45) is 1.82. The van der Waals surface area contributed by atoms with Crippen LogP contribution in [0, 0.1) is 0 Å². The van der Waals surface area contributed by atoms with Gasteiger partial charge in [-0.2, -0.15) is 5.10 Å². The second-order valence-corrected chi connectivity index (χ2v) is 9.46. The van der Waals surface area contributed by atoms with Crippen molar-refractivity contribution in [2.24, 2.45) is 0 Å². The number of rotatable bonds is 7. The molecule has 0 saturated heterocycles. The quantitative estimate of drug-likeness (QED) is 0.199. The predicted molar refractivity (Wildman–Crippen MR) is 143 cm³/mol. The SMILES string of the molecule is CCOC(=O)c1cc(-c2ccccc2)sc1NC(=S)Nc1ccn(Cc2ccc(Cl)cc2Cl)n1. The molecule has 34 heavy (non-hydrogen) atoms. The van der Waals surface area contributed by atoms with E-state index in [0.29, 0.717) is 38.1 Å². The van der Waals surface area contributed by atoms with Crippen LogP contribution in [0.1, 0.15) is 22.8 Å². The van der Waals surface area contributed by atoms with Crippen LogP contribution in [0.3, 0.4) is 0 Å². The molecule has 4 aromatic rings. The van der Waals surface area contributed by atoms with Crippen LogP contribution < -0.4 is 10.6 Å². The lowest BCUT2D eigenvalue weighted by Gasteiger charge is -2.09. The molecule has 174 valence electrons. The van der Waals surface area contributed by atoms with E-state index in [1.807, 2.05) is 48.7 Å². The number of anilines is 2. The normalized spacial score (nSPS) is 10.7. The molecule has 0 aliphatic carbocycles. The maximum Gasteiger partial charge on any atom is 0.341 e. The van der Waals surface area contributed by atoms with E-state index in [1.54, 1.807) is 29.8 Å². The van der Waals surface area contributed by atoms with Crippen LogP contribution in [0.15, 0.2) is 66.9 Å². The molecule has 0 fully saturated rings. The van der Waals surface area contributed by atoms with Crippen LogP contribution in [0.5, 0.6) is 0 Å². The Bertz CT molecular complexity index is 1320. The smallest absolute Gasteiger partial charge is 0.341 e. The molecule has 6 nitrogen and oxygen atoms in total. The lowest BCUT2D eigenvalue weighted by Crippen LogP contribution is -2.20. The molecular formula is C24H20Cl2N4O2S2. The third-order valence-electron chi connectivity index (χ3n) is 4.74. The Morgan fingerprint density at radius 2 is 1.91 bits per heavy atom.